The van der Waals surface area contributed by atoms with Crippen molar-refractivity contribution in [2.45, 2.75) is 132 Å². The second-order valence-corrected chi connectivity index (χ2v) is 16.2. The quantitative estimate of drug-likeness (QED) is 0.310. The van der Waals surface area contributed by atoms with Crippen LogP contribution < -0.4 is 0 Å². The first-order chi connectivity index (χ1) is 16.9. The summed E-state index contributed by atoms with van der Waals surface area (Å²) in [6, 6.07) is 0. The lowest BCUT2D eigenvalue weighted by atomic mass is 9.32. The summed E-state index contributed by atoms with van der Waals surface area (Å²) in [4.78, 5) is 11.9. The highest BCUT2D eigenvalue weighted by atomic mass is 16.6. The van der Waals surface area contributed by atoms with Gasteiger partial charge in [-0.05, 0) is 78.4 Å². The van der Waals surface area contributed by atoms with Crippen molar-refractivity contribution in [1.82, 2.24) is 0 Å². The second kappa shape index (κ2) is 8.07. The summed E-state index contributed by atoms with van der Waals surface area (Å²) in [5, 5.41) is 35.3. The molecule has 5 rings (SSSR count). The van der Waals surface area contributed by atoms with E-state index in [0.717, 1.165) is 25.7 Å². The molecule has 3 N–H and O–H groups in total. The van der Waals surface area contributed by atoms with Crippen LogP contribution in [0.3, 0.4) is 0 Å². The fraction of sp³-hybridized carbons (Fsp3) is 0.906. The molecule has 4 saturated carbocycles. The molecule has 3 unspecified atom stereocenters. The largest absolute Gasteiger partial charge is 0.459 e. The number of fused-ring (bicyclic) bond motifs is 7. The van der Waals surface area contributed by atoms with E-state index in [1.54, 1.807) is 0 Å². The first-order valence-electron chi connectivity index (χ1n) is 14.8. The lowest BCUT2D eigenvalue weighted by molar-refractivity contribution is -0.292. The van der Waals surface area contributed by atoms with E-state index in [-0.39, 0.29) is 28.1 Å². The molecule has 0 aromatic carbocycles. The Morgan fingerprint density at radius 2 is 1.54 bits per heavy atom. The zero-order chi connectivity index (χ0) is 27.6. The Hall–Kier alpha value is -0.910. The molecule has 0 amide bonds. The number of ether oxygens (including phenoxy) is 1. The molecule has 4 fully saturated rings. The average Bonchev–Trinajstić information content (AvgIpc) is 2.78. The maximum Gasteiger partial charge on any atom is 0.303 e. The summed E-state index contributed by atoms with van der Waals surface area (Å²) in [6.07, 6.45) is 6.26. The van der Waals surface area contributed by atoms with Crippen LogP contribution in [0.5, 0.6) is 0 Å². The van der Waals surface area contributed by atoms with Gasteiger partial charge in [0.1, 0.15) is 12.2 Å². The second-order valence-electron chi connectivity index (χ2n) is 16.2. The predicted octanol–water partition coefficient (Wildman–Crippen LogP) is 5.65. The average molecular weight is 517 g/mol. The summed E-state index contributed by atoms with van der Waals surface area (Å²) >= 11 is 0. The Balaban J connectivity index is 1.63. The number of aliphatic hydroxyl groups excluding tert-OH is 3. The summed E-state index contributed by atoms with van der Waals surface area (Å²) in [5.41, 5.74) is 0.511. The standard InChI is InChI=1S/C32H52O5/c1-18(33)37-26-23(35)25(36)32(9)22(28(26,4)5)10-11-31(8)24(32)21(34)16-19-20-17-27(2,3)12-13-29(20,6)14-15-30(19,31)7/h16,20-26,34-36H,10-15,17H2,1-9H3/t20?,21-,22?,23-,24?,25-,26+,29-,30-,31-,32+/m1/s1. The van der Waals surface area contributed by atoms with Crippen LogP contribution in [-0.4, -0.2) is 45.7 Å². The first-order valence-corrected chi connectivity index (χ1v) is 14.8. The molecule has 0 aliphatic heterocycles. The number of esters is 1. The number of carbonyl (C=O) groups is 1. The lowest BCUT2D eigenvalue weighted by Crippen LogP contribution is -2.74. The molecular formula is C32H52O5. The van der Waals surface area contributed by atoms with Crippen LogP contribution in [0.2, 0.25) is 0 Å². The lowest BCUT2D eigenvalue weighted by Gasteiger charge is -2.73. The van der Waals surface area contributed by atoms with Crippen molar-refractivity contribution in [2.24, 2.45) is 50.2 Å². The summed E-state index contributed by atoms with van der Waals surface area (Å²) in [5.74, 6) is -0.168. The smallest absolute Gasteiger partial charge is 0.303 e. The Morgan fingerprint density at radius 1 is 0.919 bits per heavy atom. The van der Waals surface area contributed by atoms with Crippen LogP contribution in [0.15, 0.2) is 11.6 Å². The van der Waals surface area contributed by atoms with Gasteiger partial charge >= 0.3 is 5.97 Å². The highest BCUT2D eigenvalue weighted by molar-refractivity contribution is 5.66. The number of allylic oxidation sites excluding steroid dienone is 1. The number of hydrogen-bond acceptors (Lipinski definition) is 5. The Labute approximate surface area is 224 Å². The molecule has 11 atom stereocenters. The van der Waals surface area contributed by atoms with Crippen molar-refractivity contribution in [2.75, 3.05) is 0 Å². The van der Waals surface area contributed by atoms with Crippen molar-refractivity contribution >= 4 is 5.97 Å². The number of rotatable bonds is 1. The molecule has 0 heterocycles. The van der Waals surface area contributed by atoms with Gasteiger partial charge in [0.25, 0.3) is 0 Å². The SMILES string of the molecule is CC(=O)O[C@H]1[C@H](O)[C@@H](O)[C@@]2(C)C(CC[C@]3(C)C2[C@H](O)C=C2C4CC(C)(C)CC[C@]4(C)CC[C@]23C)C1(C)C. The Kier molecular flexibility index (Phi) is 6.03. The van der Waals surface area contributed by atoms with Crippen molar-refractivity contribution in [3.05, 3.63) is 11.6 Å². The van der Waals surface area contributed by atoms with E-state index in [1.807, 2.05) is 0 Å². The predicted molar refractivity (Wildman–Crippen MR) is 144 cm³/mol. The van der Waals surface area contributed by atoms with Gasteiger partial charge in [0.2, 0.25) is 0 Å². The van der Waals surface area contributed by atoms with Crippen molar-refractivity contribution in [1.29, 1.82) is 0 Å². The molecule has 0 radical (unpaired) electrons. The topological polar surface area (TPSA) is 87.0 Å². The molecule has 0 spiro atoms. The minimum absolute atomic E-state index is 0.00325. The maximum atomic E-state index is 12.1. The molecule has 5 nitrogen and oxygen atoms in total. The van der Waals surface area contributed by atoms with E-state index in [4.69, 9.17) is 4.74 Å². The van der Waals surface area contributed by atoms with E-state index in [2.05, 4.69) is 61.5 Å². The van der Waals surface area contributed by atoms with Crippen molar-refractivity contribution in [3.8, 4) is 0 Å². The van der Waals surface area contributed by atoms with Gasteiger partial charge in [0.15, 0.2) is 0 Å². The first kappa shape index (κ1) is 27.6. The van der Waals surface area contributed by atoms with Gasteiger partial charge in [0.05, 0.1) is 12.2 Å². The van der Waals surface area contributed by atoms with Crippen LogP contribution in [-0.2, 0) is 9.53 Å². The van der Waals surface area contributed by atoms with Gasteiger partial charge in [-0.15, -0.1) is 0 Å². The minimum Gasteiger partial charge on any atom is -0.459 e. The van der Waals surface area contributed by atoms with E-state index in [0.29, 0.717) is 11.3 Å². The molecule has 0 aromatic heterocycles. The van der Waals surface area contributed by atoms with E-state index >= 15 is 0 Å². The van der Waals surface area contributed by atoms with Crippen LogP contribution in [0, 0.1) is 50.2 Å². The Morgan fingerprint density at radius 3 is 2.16 bits per heavy atom. The zero-order valence-corrected chi connectivity index (χ0v) is 24.7. The summed E-state index contributed by atoms with van der Waals surface area (Å²) in [7, 11) is 0. The van der Waals surface area contributed by atoms with Crippen LogP contribution in [0.25, 0.3) is 0 Å². The van der Waals surface area contributed by atoms with E-state index in [9.17, 15) is 20.1 Å². The molecular weight excluding hydrogens is 464 g/mol. The number of carbonyl (C=O) groups excluding carboxylic acids is 1. The number of aliphatic hydroxyl groups is 3. The van der Waals surface area contributed by atoms with Crippen LogP contribution >= 0.6 is 0 Å². The van der Waals surface area contributed by atoms with Crippen LogP contribution in [0.4, 0.5) is 0 Å². The molecule has 210 valence electrons. The summed E-state index contributed by atoms with van der Waals surface area (Å²) in [6.45, 7) is 19.7. The monoisotopic (exact) mass is 516 g/mol. The third-order valence-corrected chi connectivity index (χ3v) is 13.4. The molecule has 5 heteroatoms. The fourth-order valence-corrected chi connectivity index (χ4v) is 11.1. The molecule has 0 bridgehead atoms. The van der Waals surface area contributed by atoms with Gasteiger partial charge in [-0.3, -0.25) is 4.79 Å². The zero-order valence-electron chi connectivity index (χ0n) is 24.7. The van der Waals surface area contributed by atoms with Gasteiger partial charge in [-0.25, -0.2) is 0 Å². The Bertz CT molecular complexity index is 999. The molecule has 0 aromatic rings. The highest BCUT2D eigenvalue weighted by Crippen LogP contribution is 2.75. The molecule has 0 saturated heterocycles. The molecule has 37 heavy (non-hydrogen) atoms. The normalized spacial score (nSPS) is 54.1. The van der Waals surface area contributed by atoms with Gasteiger partial charge in [0, 0.05) is 23.7 Å². The van der Waals surface area contributed by atoms with Gasteiger partial charge in [-0.2, -0.15) is 0 Å². The number of hydrogen-bond donors (Lipinski definition) is 3. The van der Waals surface area contributed by atoms with E-state index in [1.165, 1.54) is 31.8 Å². The third-order valence-electron chi connectivity index (χ3n) is 13.4. The highest BCUT2D eigenvalue weighted by Gasteiger charge is 2.73. The minimum atomic E-state index is -1.19. The molecule has 5 aliphatic rings. The van der Waals surface area contributed by atoms with Crippen molar-refractivity contribution in [3.63, 3.8) is 0 Å². The molecule has 5 aliphatic carbocycles. The maximum absolute atomic E-state index is 12.1. The third kappa shape index (κ3) is 3.48. The van der Waals surface area contributed by atoms with Gasteiger partial charge in [-0.1, -0.05) is 67.0 Å². The van der Waals surface area contributed by atoms with Crippen LogP contribution in [0.1, 0.15) is 107 Å². The van der Waals surface area contributed by atoms with E-state index < -0.39 is 41.2 Å². The van der Waals surface area contributed by atoms with Crippen molar-refractivity contribution < 1.29 is 24.9 Å². The fourth-order valence-electron chi connectivity index (χ4n) is 11.1. The van der Waals surface area contributed by atoms with Gasteiger partial charge < -0.3 is 20.1 Å². The summed E-state index contributed by atoms with van der Waals surface area (Å²) < 4.78 is 5.64.